The van der Waals surface area contributed by atoms with Crippen molar-refractivity contribution in [3.05, 3.63) is 69.4 Å². The third-order valence-electron chi connectivity index (χ3n) is 7.08. The average Bonchev–Trinajstić information content (AvgIpc) is 3.31. The lowest BCUT2D eigenvalue weighted by atomic mass is 10.0. The van der Waals surface area contributed by atoms with E-state index in [1.54, 1.807) is 55.5 Å². The van der Waals surface area contributed by atoms with Crippen LogP contribution in [-0.4, -0.2) is 86.1 Å². The number of fused-ring (bicyclic) bond motifs is 1. The summed E-state index contributed by atoms with van der Waals surface area (Å²) in [6.45, 7) is 0.174. The van der Waals surface area contributed by atoms with Crippen molar-refractivity contribution in [1.82, 2.24) is 19.1 Å². The number of benzene rings is 2. The second kappa shape index (κ2) is 12.3. The number of ether oxygens (including phenoxy) is 4. The predicted molar refractivity (Wildman–Crippen MR) is 152 cm³/mol. The molecule has 0 amide bonds. The highest BCUT2D eigenvalue weighted by Gasteiger charge is 2.45. The molecule has 0 bridgehead atoms. The number of aromatic nitrogens is 4. The van der Waals surface area contributed by atoms with Gasteiger partial charge < -0.3 is 34.3 Å². The Labute approximate surface area is 244 Å². The van der Waals surface area contributed by atoms with Crippen LogP contribution >= 0.6 is 0 Å². The van der Waals surface area contributed by atoms with Crippen molar-refractivity contribution in [1.29, 1.82) is 0 Å². The lowest BCUT2D eigenvalue weighted by Gasteiger charge is -2.21. The number of carbonyl (C=O) groups is 1. The molecule has 0 unspecified atom stereocenters. The van der Waals surface area contributed by atoms with E-state index in [9.17, 15) is 29.7 Å². The first-order valence-electron chi connectivity index (χ1n) is 13.4. The molecule has 1 aliphatic heterocycles. The van der Waals surface area contributed by atoms with Crippen molar-refractivity contribution in [3.63, 3.8) is 0 Å². The fraction of sp³-hybridized carbons (Fsp3) is 0.345. The number of carbonyl (C=O) groups excluding carboxylic acids is 1. The Balaban J connectivity index is 1.85. The van der Waals surface area contributed by atoms with Crippen LogP contribution in [0, 0.1) is 0 Å². The largest absolute Gasteiger partial charge is 0.497 e. The highest BCUT2D eigenvalue weighted by Crippen LogP contribution is 2.34. The van der Waals surface area contributed by atoms with Crippen LogP contribution in [0.5, 0.6) is 11.5 Å². The smallest absolute Gasteiger partial charge is 0.335 e. The highest BCUT2D eigenvalue weighted by atomic mass is 16.6. The van der Waals surface area contributed by atoms with E-state index in [0.717, 1.165) is 4.57 Å². The zero-order valence-electron chi connectivity index (χ0n) is 23.5. The van der Waals surface area contributed by atoms with Crippen molar-refractivity contribution < 1.29 is 39.1 Å². The molecule has 226 valence electrons. The fourth-order valence-electron chi connectivity index (χ4n) is 4.87. The van der Waals surface area contributed by atoms with Gasteiger partial charge in [-0.25, -0.2) is 23.9 Å². The molecule has 3 N–H and O–H groups in total. The molecule has 2 aromatic carbocycles. The first-order valence-corrected chi connectivity index (χ1v) is 13.4. The third-order valence-corrected chi connectivity index (χ3v) is 7.08. The Hall–Kier alpha value is -4.63. The summed E-state index contributed by atoms with van der Waals surface area (Å²) in [6, 6.07) is 13.7. The Morgan fingerprint density at radius 3 is 1.95 bits per heavy atom. The number of hydrogen-bond donors (Lipinski definition) is 3. The van der Waals surface area contributed by atoms with Crippen LogP contribution in [0.15, 0.2) is 58.1 Å². The normalized spacial score (nSPS) is 19.9. The third kappa shape index (κ3) is 5.48. The highest BCUT2D eigenvalue weighted by molar-refractivity contribution is 5.85. The minimum atomic E-state index is -1.70. The number of nitrogens with zero attached hydrogens (tertiary/aromatic N) is 4. The van der Waals surface area contributed by atoms with Crippen molar-refractivity contribution in [2.75, 3.05) is 27.4 Å². The van der Waals surface area contributed by atoms with Gasteiger partial charge in [0.15, 0.2) is 17.4 Å². The van der Waals surface area contributed by atoms with Gasteiger partial charge in [-0.05, 0) is 55.5 Å². The van der Waals surface area contributed by atoms with Crippen molar-refractivity contribution in [2.45, 2.75) is 38.0 Å². The SMILES string of the molecule is CCOC(=O)Cn1c(=O)c2nc(-c3ccc(OC)cc3)c(-c3ccc(OC)cc3)nc2n([C@@H]2O[C@H](CO)[C@@H](O)[C@H]2O)c1=O. The zero-order chi connectivity index (χ0) is 30.8. The maximum absolute atomic E-state index is 13.8. The van der Waals surface area contributed by atoms with Gasteiger partial charge >= 0.3 is 11.7 Å². The number of aliphatic hydroxyl groups excluding tert-OH is 3. The minimum Gasteiger partial charge on any atom is -0.497 e. The predicted octanol–water partition coefficient (Wildman–Crippen LogP) is 0.479. The summed E-state index contributed by atoms with van der Waals surface area (Å²) in [7, 11) is 3.05. The number of methoxy groups -OCH3 is 2. The van der Waals surface area contributed by atoms with E-state index >= 15 is 0 Å². The van der Waals surface area contributed by atoms with Crippen LogP contribution in [0.1, 0.15) is 13.2 Å². The molecule has 0 saturated carbocycles. The number of aliphatic hydroxyl groups is 3. The monoisotopic (exact) mass is 594 g/mol. The van der Waals surface area contributed by atoms with Crippen LogP contribution in [0.2, 0.25) is 0 Å². The van der Waals surface area contributed by atoms with Gasteiger partial charge in [-0.1, -0.05) is 0 Å². The van der Waals surface area contributed by atoms with Gasteiger partial charge in [-0.3, -0.25) is 9.59 Å². The summed E-state index contributed by atoms with van der Waals surface area (Å²) >= 11 is 0. The van der Waals surface area contributed by atoms with E-state index in [-0.39, 0.29) is 29.2 Å². The second-order valence-electron chi connectivity index (χ2n) is 9.63. The van der Waals surface area contributed by atoms with Gasteiger partial charge in [0.2, 0.25) is 0 Å². The molecule has 14 heteroatoms. The number of hydrogen-bond acceptors (Lipinski definition) is 12. The molecule has 5 rings (SSSR count). The van der Waals surface area contributed by atoms with Crippen LogP contribution < -0.4 is 20.7 Å². The van der Waals surface area contributed by atoms with Crippen molar-refractivity contribution in [2.24, 2.45) is 0 Å². The van der Waals surface area contributed by atoms with Crippen LogP contribution in [0.3, 0.4) is 0 Å². The molecule has 2 aromatic heterocycles. The molecule has 0 radical (unpaired) electrons. The van der Waals surface area contributed by atoms with Gasteiger partial charge in [0.1, 0.15) is 36.4 Å². The molecule has 0 spiro atoms. The molecule has 1 aliphatic rings. The summed E-state index contributed by atoms with van der Waals surface area (Å²) in [4.78, 5) is 49.3. The van der Waals surface area contributed by atoms with Gasteiger partial charge in [0, 0.05) is 11.1 Å². The first-order chi connectivity index (χ1) is 20.7. The maximum atomic E-state index is 13.8. The van der Waals surface area contributed by atoms with Gasteiger partial charge in [0.05, 0.1) is 38.8 Å². The van der Waals surface area contributed by atoms with Gasteiger partial charge in [0.25, 0.3) is 5.56 Å². The molecule has 0 aliphatic carbocycles. The van der Waals surface area contributed by atoms with E-state index in [1.807, 2.05) is 0 Å². The van der Waals surface area contributed by atoms with E-state index in [2.05, 4.69) is 4.98 Å². The quantitative estimate of drug-likeness (QED) is 0.228. The second-order valence-corrected chi connectivity index (χ2v) is 9.63. The summed E-state index contributed by atoms with van der Waals surface area (Å²) in [5.74, 6) is 0.305. The Morgan fingerprint density at radius 1 is 0.907 bits per heavy atom. The average molecular weight is 595 g/mol. The van der Waals surface area contributed by atoms with Crippen LogP contribution in [-0.2, 0) is 20.8 Å². The van der Waals surface area contributed by atoms with E-state index < -0.39 is 54.9 Å². The van der Waals surface area contributed by atoms with E-state index in [0.29, 0.717) is 27.2 Å². The molecule has 3 heterocycles. The van der Waals surface area contributed by atoms with Gasteiger partial charge in [-0.15, -0.1) is 0 Å². The molecule has 4 aromatic rings. The van der Waals surface area contributed by atoms with E-state index in [4.69, 9.17) is 23.9 Å². The van der Waals surface area contributed by atoms with Crippen molar-refractivity contribution >= 4 is 17.1 Å². The van der Waals surface area contributed by atoms with Gasteiger partial charge in [-0.2, -0.15) is 0 Å². The Bertz CT molecular complexity index is 1750. The summed E-state index contributed by atoms with van der Waals surface area (Å²) in [5.41, 5.74) is -0.931. The summed E-state index contributed by atoms with van der Waals surface area (Å²) in [6.07, 6.45) is -6.07. The van der Waals surface area contributed by atoms with Crippen LogP contribution in [0.25, 0.3) is 33.7 Å². The molecule has 1 saturated heterocycles. The summed E-state index contributed by atoms with van der Waals surface area (Å²) < 4.78 is 22.6. The molecule has 43 heavy (non-hydrogen) atoms. The zero-order valence-corrected chi connectivity index (χ0v) is 23.5. The van der Waals surface area contributed by atoms with E-state index in [1.165, 1.54) is 14.2 Å². The summed E-state index contributed by atoms with van der Waals surface area (Å²) in [5, 5.41) is 31.0. The molecular formula is C29H30N4O10. The minimum absolute atomic E-state index is 0.0107. The Morgan fingerprint density at radius 2 is 1.47 bits per heavy atom. The topological polar surface area (TPSA) is 184 Å². The molecule has 14 nitrogen and oxygen atoms in total. The fourth-order valence-corrected chi connectivity index (χ4v) is 4.87. The van der Waals surface area contributed by atoms with Crippen molar-refractivity contribution in [3.8, 4) is 34.0 Å². The van der Waals surface area contributed by atoms with Crippen LogP contribution in [0.4, 0.5) is 0 Å². The molecule has 1 fully saturated rings. The first kappa shape index (κ1) is 29.8. The number of esters is 1. The lowest BCUT2D eigenvalue weighted by Crippen LogP contribution is -2.46. The lowest BCUT2D eigenvalue weighted by molar-refractivity contribution is -0.144. The number of rotatable bonds is 9. The molecule has 4 atom stereocenters. The standard InChI is InChI=1S/C29H30N4O10/c1-4-42-20(35)13-32-27(38)23-26(33(29(32)39)28-25(37)24(36)19(14-34)43-28)31-22(16-7-11-18(41-3)12-8-16)21(30-23)15-5-9-17(40-2)10-6-15/h5-12,19,24-25,28,34,36-37H,4,13-14H2,1-3H3/t19-,24-,25-,28-/m1/s1. The maximum Gasteiger partial charge on any atom is 0.335 e. The Kier molecular flexibility index (Phi) is 8.54. The molecular weight excluding hydrogens is 564 g/mol.